The number of hydrogen-bond acceptors (Lipinski definition) is 5. The van der Waals surface area contributed by atoms with Crippen molar-refractivity contribution in [3.63, 3.8) is 0 Å². The monoisotopic (exact) mass is 446 g/mol. The second-order valence-electron chi connectivity index (χ2n) is 8.49. The number of piperidine rings is 1. The van der Waals surface area contributed by atoms with Crippen LogP contribution in [0.2, 0.25) is 5.02 Å². The molecular weight excluding hydrogens is 416 g/mol. The van der Waals surface area contributed by atoms with Crippen molar-refractivity contribution in [2.45, 2.75) is 63.8 Å². The van der Waals surface area contributed by atoms with Crippen LogP contribution in [0.3, 0.4) is 0 Å². The molecule has 1 aromatic carbocycles. The first-order valence-electron chi connectivity index (χ1n) is 11.2. The van der Waals surface area contributed by atoms with E-state index >= 15 is 0 Å². The van der Waals surface area contributed by atoms with Crippen LogP contribution in [0, 0.1) is 0 Å². The number of methoxy groups -OCH3 is 1. The predicted octanol–water partition coefficient (Wildman–Crippen LogP) is 4.80. The third-order valence-corrected chi connectivity index (χ3v) is 6.39. The van der Waals surface area contributed by atoms with Crippen molar-refractivity contribution in [1.29, 1.82) is 0 Å². The summed E-state index contributed by atoms with van der Waals surface area (Å²) in [4.78, 5) is 14.8. The molecule has 2 aromatic rings. The highest BCUT2D eigenvalue weighted by Gasteiger charge is 2.23. The maximum Gasteiger partial charge on any atom is 0.251 e. The zero-order valence-electron chi connectivity index (χ0n) is 18.1. The lowest BCUT2D eigenvalue weighted by molar-refractivity contribution is 0.0914. The van der Waals surface area contributed by atoms with Crippen LogP contribution in [0.25, 0.3) is 0 Å². The summed E-state index contributed by atoms with van der Waals surface area (Å²) in [7, 11) is 1.66. The number of carbonyl (C=O) groups is 1. The van der Waals surface area contributed by atoms with E-state index in [4.69, 9.17) is 25.5 Å². The Bertz CT molecular complexity index is 870. The van der Waals surface area contributed by atoms with Gasteiger partial charge >= 0.3 is 0 Å². The number of ether oxygens (including phenoxy) is 2. The standard InChI is InChI=1S/C24H31ClN2O4/c1-29-16-21-8-7-20(30-21)15-27-12-10-19(11-13-27)31-23-9-6-17(14-22(23)25)24(28)26-18-4-2-3-5-18/h6-9,14,18-19H,2-5,10-13,15-16H2,1H3,(H,26,28). The molecule has 0 unspecified atom stereocenters. The van der Waals surface area contributed by atoms with Gasteiger partial charge in [0.25, 0.3) is 5.91 Å². The Morgan fingerprint density at radius 2 is 1.87 bits per heavy atom. The summed E-state index contributed by atoms with van der Waals surface area (Å²) in [6.07, 6.45) is 6.47. The molecule has 2 fully saturated rings. The Hall–Kier alpha value is -2.02. The largest absolute Gasteiger partial charge is 0.489 e. The van der Waals surface area contributed by atoms with E-state index in [1.165, 1.54) is 12.8 Å². The number of benzene rings is 1. The van der Waals surface area contributed by atoms with Crippen LogP contribution in [-0.2, 0) is 17.9 Å². The Morgan fingerprint density at radius 1 is 1.13 bits per heavy atom. The van der Waals surface area contributed by atoms with E-state index in [2.05, 4.69) is 10.2 Å². The molecule has 1 aliphatic carbocycles. The molecule has 6 nitrogen and oxygen atoms in total. The molecule has 1 amide bonds. The Morgan fingerprint density at radius 3 is 2.58 bits per heavy atom. The molecule has 4 rings (SSSR count). The van der Waals surface area contributed by atoms with Crippen LogP contribution in [-0.4, -0.2) is 43.2 Å². The van der Waals surface area contributed by atoms with Crippen LogP contribution >= 0.6 is 11.6 Å². The van der Waals surface area contributed by atoms with E-state index in [1.54, 1.807) is 19.2 Å². The highest BCUT2D eigenvalue weighted by atomic mass is 35.5. The highest BCUT2D eigenvalue weighted by molar-refractivity contribution is 6.32. The fourth-order valence-electron chi connectivity index (χ4n) is 4.39. The van der Waals surface area contributed by atoms with Gasteiger partial charge in [0.15, 0.2) is 0 Å². The van der Waals surface area contributed by atoms with Crippen LogP contribution in [0.15, 0.2) is 34.7 Å². The van der Waals surface area contributed by atoms with Gasteiger partial charge in [-0.3, -0.25) is 9.69 Å². The molecule has 0 atom stereocenters. The number of amides is 1. The van der Waals surface area contributed by atoms with Gasteiger partial charge in [-0.15, -0.1) is 0 Å². The zero-order chi connectivity index (χ0) is 21.6. The lowest BCUT2D eigenvalue weighted by Crippen LogP contribution is -2.37. The average molecular weight is 447 g/mol. The first kappa shape index (κ1) is 22.2. The average Bonchev–Trinajstić information content (AvgIpc) is 3.43. The second-order valence-corrected chi connectivity index (χ2v) is 8.90. The summed E-state index contributed by atoms with van der Waals surface area (Å²) >= 11 is 6.44. The molecule has 0 radical (unpaired) electrons. The van der Waals surface area contributed by atoms with E-state index in [9.17, 15) is 4.79 Å². The molecule has 0 spiro atoms. The van der Waals surface area contributed by atoms with Gasteiger partial charge in [-0.1, -0.05) is 24.4 Å². The minimum atomic E-state index is -0.0553. The Kier molecular flexibility index (Phi) is 7.54. The third kappa shape index (κ3) is 6.03. The first-order chi connectivity index (χ1) is 15.1. The SMILES string of the molecule is COCc1ccc(CN2CCC(Oc3ccc(C(=O)NC4CCCC4)cc3Cl)CC2)o1. The van der Waals surface area contributed by atoms with Gasteiger partial charge in [0.05, 0.1) is 11.6 Å². The molecule has 7 heteroatoms. The number of halogens is 1. The van der Waals surface area contributed by atoms with Crippen LogP contribution in [0.1, 0.15) is 60.4 Å². The van der Waals surface area contributed by atoms with Gasteiger partial charge in [0.2, 0.25) is 0 Å². The van der Waals surface area contributed by atoms with Gasteiger partial charge in [-0.05, 0) is 56.0 Å². The molecule has 0 bridgehead atoms. The Labute approximate surface area is 188 Å². The van der Waals surface area contributed by atoms with Crippen molar-refractivity contribution >= 4 is 17.5 Å². The predicted molar refractivity (Wildman–Crippen MR) is 120 cm³/mol. The second kappa shape index (κ2) is 10.5. The fraction of sp³-hybridized carbons (Fsp3) is 0.542. The maximum absolute atomic E-state index is 12.4. The number of hydrogen-bond donors (Lipinski definition) is 1. The highest BCUT2D eigenvalue weighted by Crippen LogP contribution is 2.29. The van der Waals surface area contributed by atoms with Crippen LogP contribution < -0.4 is 10.1 Å². The molecular formula is C24H31ClN2O4. The third-order valence-electron chi connectivity index (χ3n) is 6.10. The number of carbonyl (C=O) groups excluding carboxylic acids is 1. The van der Waals surface area contributed by atoms with Crippen molar-refractivity contribution < 1.29 is 18.7 Å². The van der Waals surface area contributed by atoms with Gasteiger partial charge in [-0.2, -0.15) is 0 Å². The fourth-order valence-corrected chi connectivity index (χ4v) is 4.61. The topological polar surface area (TPSA) is 63.9 Å². The minimum absolute atomic E-state index is 0.0553. The molecule has 1 saturated heterocycles. The molecule has 168 valence electrons. The van der Waals surface area contributed by atoms with Crippen molar-refractivity contribution in [3.8, 4) is 5.75 Å². The van der Waals surface area contributed by atoms with E-state index in [1.807, 2.05) is 18.2 Å². The van der Waals surface area contributed by atoms with E-state index < -0.39 is 0 Å². The number of rotatable bonds is 8. The van der Waals surface area contributed by atoms with Gasteiger partial charge in [-0.25, -0.2) is 0 Å². The van der Waals surface area contributed by atoms with Crippen molar-refractivity contribution in [1.82, 2.24) is 10.2 Å². The number of nitrogens with zero attached hydrogens (tertiary/aromatic N) is 1. The summed E-state index contributed by atoms with van der Waals surface area (Å²) < 4.78 is 17.1. The van der Waals surface area contributed by atoms with Crippen LogP contribution in [0.4, 0.5) is 0 Å². The normalized spacial score (nSPS) is 18.4. The first-order valence-corrected chi connectivity index (χ1v) is 11.5. The Balaban J connectivity index is 1.25. The quantitative estimate of drug-likeness (QED) is 0.631. The lowest BCUT2D eigenvalue weighted by Gasteiger charge is -2.31. The number of likely N-dealkylation sites (tertiary alicyclic amines) is 1. The summed E-state index contributed by atoms with van der Waals surface area (Å²) in [5.41, 5.74) is 0.588. The number of furan rings is 1. The summed E-state index contributed by atoms with van der Waals surface area (Å²) in [5, 5.41) is 3.59. The molecule has 1 aliphatic heterocycles. The van der Waals surface area contributed by atoms with E-state index in [0.29, 0.717) is 29.0 Å². The molecule has 2 aliphatic rings. The molecule has 2 heterocycles. The molecule has 1 aromatic heterocycles. The lowest BCUT2D eigenvalue weighted by atomic mass is 10.1. The van der Waals surface area contributed by atoms with E-state index in [-0.39, 0.29) is 12.0 Å². The summed E-state index contributed by atoms with van der Waals surface area (Å²) in [6.45, 7) is 3.16. The smallest absolute Gasteiger partial charge is 0.251 e. The van der Waals surface area contributed by atoms with Crippen LogP contribution in [0.5, 0.6) is 5.75 Å². The molecule has 1 saturated carbocycles. The van der Waals surface area contributed by atoms with Gasteiger partial charge < -0.3 is 19.2 Å². The maximum atomic E-state index is 12.4. The summed E-state index contributed by atoms with van der Waals surface area (Å²) in [6, 6.07) is 9.61. The molecule has 1 N–H and O–H groups in total. The summed E-state index contributed by atoms with van der Waals surface area (Å²) in [5.74, 6) is 2.40. The van der Waals surface area contributed by atoms with Crippen molar-refractivity contribution in [2.75, 3.05) is 20.2 Å². The van der Waals surface area contributed by atoms with Crippen molar-refractivity contribution in [2.24, 2.45) is 0 Å². The zero-order valence-corrected chi connectivity index (χ0v) is 18.8. The number of nitrogens with one attached hydrogen (secondary N) is 1. The van der Waals surface area contributed by atoms with Gasteiger partial charge in [0.1, 0.15) is 30.0 Å². The van der Waals surface area contributed by atoms with E-state index in [0.717, 1.165) is 56.8 Å². The minimum Gasteiger partial charge on any atom is -0.489 e. The van der Waals surface area contributed by atoms with Gasteiger partial charge in [0, 0.05) is 31.8 Å². The van der Waals surface area contributed by atoms with Crippen molar-refractivity contribution in [3.05, 3.63) is 52.4 Å². The molecule has 31 heavy (non-hydrogen) atoms.